The lowest BCUT2D eigenvalue weighted by Crippen LogP contribution is -2.45. The van der Waals surface area contributed by atoms with Crippen molar-refractivity contribution in [3.8, 4) is 0 Å². The van der Waals surface area contributed by atoms with E-state index in [-0.39, 0.29) is 37.7 Å². The minimum absolute atomic E-state index is 0.0612. The molecule has 0 aliphatic carbocycles. The van der Waals surface area contributed by atoms with Crippen molar-refractivity contribution in [1.82, 2.24) is 9.80 Å². The predicted octanol–water partition coefficient (Wildman–Crippen LogP) is 1.94. The van der Waals surface area contributed by atoms with Crippen LogP contribution in [0.15, 0.2) is 36.4 Å². The highest BCUT2D eigenvalue weighted by atomic mass is 19.1. The first-order valence-corrected chi connectivity index (χ1v) is 11.6. The lowest BCUT2D eigenvalue weighted by atomic mass is 10.1. The lowest BCUT2D eigenvalue weighted by molar-refractivity contribution is -0.137. The van der Waals surface area contributed by atoms with Gasteiger partial charge >= 0.3 is 5.97 Å². The minimum Gasteiger partial charge on any atom is -0.481 e. The van der Waals surface area contributed by atoms with Gasteiger partial charge in [-0.25, -0.2) is 4.39 Å². The number of aliphatic carboxylic acids is 1. The fourth-order valence-electron chi connectivity index (χ4n) is 4.57. The molecule has 2 aliphatic heterocycles. The number of halogens is 1. The van der Waals surface area contributed by atoms with Crippen LogP contribution >= 0.6 is 0 Å². The fourth-order valence-corrected chi connectivity index (χ4v) is 4.57. The van der Waals surface area contributed by atoms with E-state index in [1.54, 1.807) is 30.3 Å². The number of morpholine rings is 1. The Bertz CT molecular complexity index is 1120. The van der Waals surface area contributed by atoms with Crippen LogP contribution in [-0.2, 0) is 34.0 Å². The monoisotopic (exact) mass is 484 g/mol. The number of carbonyl (C=O) groups excluding carboxylic acids is 2. The van der Waals surface area contributed by atoms with E-state index in [0.29, 0.717) is 47.7 Å². The van der Waals surface area contributed by atoms with Gasteiger partial charge in [0.15, 0.2) is 0 Å². The summed E-state index contributed by atoms with van der Waals surface area (Å²) in [6.45, 7) is 3.66. The number of carbonyl (C=O) groups is 3. The lowest BCUT2D eigenvalue weighted by Gasteiger charge is -2.27. The molecular formula is C25H29FN4O5. The molecule has 1 atom stereocenters. The number of nitrogens with one attached hydrogen (secondary N) is 1. The zero-order valence-electron chi connectivity index (χ0n) is 19.3. The number of amides is 2. The quantitative estimate of drug-likeness (QED) is 0.471. The summed E-state index contributed by atoms with van der Waals surface area (Å²) in [7, 11) is 0. The van der Waals surface area contributed by atoms with Crippen LogP contribution in [0.25, 0.3) is 0 Å². The molecule has 1 saturated heterocycles. The molecule has 10 heteroatoms. The topological polar surface area (TPSA) is 125 Å². The zero-order valence-corrected chi connectivity index (χ0v) is 19.3. The summed E-state index contributed by atoms with van der Waals surface area (Å²) in [5, 5.41) is 12.2. The summed E-state index contributed by atoms with van der Waals surface area (Å²) in [4.78, 5) is 39.4. The van der Waals surface area contributed by atoms with Gasteiger partial charge < -0.3 is 25.8 Å². The summed E-state index contributed by atoms with van der Waals surface area (Å²) in [6, 6.07) is 9.48. The molecule has 4 rings (SSSR count). The van der Waals surface area contributed by atoms with Crippen LogP contribution in [0.2, 0.25) is 0 Å². The highest BCUT2D eigenvalue weighted by Gasteiger charge is 2.36. The van der Waals surface area contributed by atoms with E-state index in [1.807, 2.05) is 6.07 Å². The van der Waals surface area contributed by atoms with Gasteiger partial charge in [0, 0.05) is 67.1 Å². The van der Waals surface area contributed by atoms with Crippen LogP contribution in [0.3, 0.4) is 0 Å². The molecular weight excluding hydrogens is 455 g/mol. The third-order valence-electron chi connectivity index (χ3n) is 6.46. The first-order valence-electron chi connectivity index (χ1n) is 11.6. The van der Waals surface area contributed by atoms with Gasteiger partial charge in [0.05, 0.1) is 13.2 Å². The number of benzene rings is 2. The van der Waals surface area contributed by atoms with E-state index >= 15 is 4.39 Å². The predicted molar refractivity (Wildman–Crippen MR) is 126 cm³/mol. The molecule has 2 amide bonds. The standard InChI is InChI=1S/C25H29FN4O5/c26-23-16(3-1-4-17(23)14-29-9-11-35-12-10-29)13-28-20-6-2-5-18-19(20)15-30(25(18)34)21(24(27)33)7-8-22(31)32/h1-6,21,28H,7-15H2,(H2,27,33)(H,31,32). The Morgan fingerprint density at radius 2 is 1.86 bits per heavy atom. The Kier molecular flexibility index (Phi) is 7.62. The van der Waals surface area contributed by atoms with Crippen LogP contribution in [-0.4, -0.2) is 65.0 Å². The summed E-state index contributed by atoms with van der Waals surface area (Å²) in [5.41, 5.74) is 8.34. The van der Waals surface area contributed by atoms with Gasteiger partial charge in [-0.05, 0) is 18.6 Å². The van der Waals surface area contributed by atoms with Crippen molar-refractivity contribution < 1.29 is 28.6 Å². The Hall–Kier alpha value is -3.50. The van der Waals surface area contributed by atoms with E-state index < -0.39 is 17.9 Å². The summed E-state index contributed by atoms with van der Waals surface area (Å²) >= 11 is 0. The molecule has 1 unspecified atom stereocenters. The van der Waals surface area contributed by atoms with E-state index in [0.717, 1.165) is 13.1 Å². The third-order valence-corrected chi connectivity index (χ3v) is 6.46. The van der Waals surface area contributed by atoms with Crippen molar-refractivity contribution in [2.24, 2.45) is 5.73 Å². The maximum Gasteiger partial charge on any atom is 0.303 e. The molecule has 0 radical (unpaired) electrons. The molecule has 35 heavy (non-hydrogen) atoms. The smallest absolute Gasteiger partial charge is 0.303 e. The Balaban J connectivity index is 1.48. The molecule has 0 spiro atoms. The number of primary amides is 1. The van der Waals surface area contributed by atoms with Crippen molar-refractivity contribution >= 4 is 23.5 Å². The van der Waals surface area contributed by atoms with Crippen LogP contribution in [0.4, 0.5) is 10.1 Å². The van der Waals surface area contributed by atoms with Gasteiger partial charge in [0.25, 0.3) is 5.91 Å². The van der Waals surface area contributed by atoms with Gasteiger partial charge in [0.2, 0.25) is 5.91 Å². The van der Waals surface area contributed by atoms with Gasteiger partial charge in [-0.2, -0.15) is 0 Å². The second kappa shape index (κ2) is 10.8. The number of nitrogens with zero attached hydrogens (tertiary/aromatic N) is 2. The maximum atomic E-state index is 15.2. The van der Waals surface area contributed by atoms with Crippen molar-refractivity contribution in [1.29, 1.82) is 0 Å². The van der Waals surface area contributed by atoms with Crippen LogP contribution in [0.1, 0.15) is 39.9 Å². The molecule has 2 heterocycles. The minimum atomic E-state index is -1.07. The number of fused-ring (bicyclic) bond motifs is 1. The number of carboxylic acids is 1. The van der Waals surface area contributed by atoms with Crippen LogP contribution in [0, 0.1) is 5.82 Å². The number of anilines is 1. The van der Waals surface area contributed by atoms with Gasteiger partial charge in [-0.1, -0.05) is 24.3 Å². The molecule has 186 valence electrons. The van der Waals surface area contributed by atoms with E-state index in [4.69, 9.17) is 15.6 Å². The zero-order chi connectivity index (χ0) is 24.9. The molecule has 0 bridgehead atoms. The Morgan fingerprint density at radius 1 is 1.14 bits per heavy atom. The number of hydrogen-bond donors (Lipinski definition) is 3. The maximum absolute atomic E-state index is 15.2. The molecule has 2 aliphatic rings. The molecule has 1 fully saturated rings. The SMILES string of the molecule is NC(=O)C(CCC(=O)O)N1Cc2c(NCc3cccc(CN4CCOCC4)c3F)cccc2C1=O. The number of carboxylic acid groups (broad SMARTS) is 1. The number of hydrogen-bond acceptors (Lipinski definition) is 6. The third kappa shape index (κ3) is 5.60. The van der Waals surface area contributed by atoms with Crippen LogP contribution in [0.5, 0.6) is 0 Å². The molecule has 0 aromatic heterocycles. The largest absolute Gasteiger partial charge is 0.481 e. The molecule has 2 aromatic rings. The van der Waals surface area contributed by atoms with Gasteiger partial charge in [0.1, 0.15) is 11.9 Å². The van der Waals surface area contributed by atoms with E-state index in [2.05, 4.69) is 10.2 Å². The second-order valence-electron chi connectivity index (χ2n) is 8.75. The molecule has 2 aromatic carbocycles. The average molecular weight is 485 g/mol. The van der Waals surface area contributed by atoms with E-state index in [9.17, 15) is 14.4 Å². The van der Waals surface area contributed by atoms with Crippen molar-refractivity contribution in [2.75, 3.05) is 31.6 Å². The van der Waals surface area contributed by atoms with Gasteiger partial charge in [-0.3, -0.25) is 19.3 Å². The highest BCUT2D eigenvalue weighted by molar-refractivity contribution is 6.02. The first kappa shape index (κ1) is 24.6. The Labute approximate surface area is 202 Å². The number of ether oxygens (including phenoxy) is 1. The normalized spacial score (nSPS) is 16.7. The number of nitrogens with two attached hydrogens (primary N) is 1. The highest BCUT2D eigenvalue weighted by Crippen LogP contribution is 2.32. The average Bonchev–Trinajstić information content (AvgIpc) is 3.17. The van der Waals surface area contributed by atoms with Crippen molar-refractivity contribution in [3.05, 3.63) is 64.5 Å². The summed E-state index contributed by atoms with van der Waals surface area (Å²) in [5.74, 6) is -2.46. The Morgan fingerprint density at radius 3 is 2.57 bits per heavy atom. The second-order valence-corrected chi connectivity index (χ2v) is 8.75. The molecule has 0 saturated carbocycles. The molecule has 9 nitrogen and oxygen atoms in total. The van der Waals surface area contributed by atoms with Crippen LogP contribution < -0.4 is 11.1 Å². The fraction of sp³-hybridized carbons (Fsp3) is 0.400. The molecule has 4 N–H and O–H groups in total. The van der Waals surface area contributed by atoms with E-state index in [1.165, 1.54) is 4.90 Å². The summed E-state index contributed by atoms with van der Waals surface area (Å²) in [6.07, 6.45) is -0.340. The first-order chi connectivity index (χ1) is 16.8. The van der Waals surface area contributed by atoms with Gasteiger partial charge in [-0.15, -0.1) is 0 Å². The number of rotatable bonds is 10. The van der Waals surface area contributed by atoms with Crippen molar-refractivity contribution in [3.63, 3.8) is 0 Å². The van der Waals surface area contributed by atoms with Crippen molar-refractivity contribution in [2.45, 2.75) is 38.5 Å². The summed E-state index contributed by atoms with van der Waals surface area (Å²) < 4.78 is 20.6.